The molecule has 14 aromatic carbocycles. The van der Waals surface area contributed by atoms with E-state index in [9.17, 15) is 0 Å². The minimum absolute atomic E-state index is 0.0697. The first kappa shape index (κ1) is 51.6. The summed E-state index contributed by atoms with van der Waals surface area (Å²) < 4.78 is 47.7. The molecule has 6 aromatic heterocycles. The number of benzene rings is 14. The summed E-state index contributed by atoms with van der Waals surface area (Å²) in [6.07, 6.45) is 0. The highest BCUT2D eigenvalue weighted by molar-refractivity contribution is 6.17. The molecule has 0 saturated heterocycles. The van der Waals surface area contributed by atoms with Gasteiger partial charge in [-0.25, -0.2) is 8.78 Å². The summed E-state index contributed by atoms with van der Waals surface area (Å²) in [4.78, 5) is 0. The van der Waals surface area contributed by atoms with E-state index < -0.39 is 11.6 Å². The van der Waals surface area contributed by atoms with Crippen molar-refractivity contribution in [3.05, 3.63) is 314 Å². The highest BCUT2D eigenvalue weighted by Crippen LogP contribution is 2.46. The number of aryl methyl sites for hydroxylation is 1. The Morgan fingerprint density at radius 3 is 0.688 bits per heavy atom. The predicted octanol–water partition coefficient (Wildman–Crippen LogP) is 22.5. The van der Waals surface area contributed by atoms with Crippen molar-refractivity contribution in [2.24, 2.45) is 0 Å². The maximum absolute atomic E-state index is 16.7. The van der Waals surface area contributed by atoms with E-state index in [1.54, 1.807) is 0 Å². The molecule has 0 bridgehead atoms. The Bertz CT molecular complexity index is 6040. The second-order valence-corrected chi connectivity index (χ2v) is 24.7. The van der Waals surface area contributed by atoms with Crippen molar-refractivity contribution < 1.29 is 8.78 Å². The molecule has 20 rings (SSSR count). The molecule has 0 aliphatic rings. The Balaban J connectivity index is 0.914. The first-order valence-electron chi connectivity index (χ1n) is 31.6. The van der Waals surface area contributed by atoms with Gasteiger partial charge in [0.05, 0.1) is 83.1 Å². The first-order chi connectivity index (χ1) is 45.9. The molecule has 436 valence electrons. The van der Waals surface area contributed by atoms with Crippen molar-refractivity contribution >= 4 is 131 Å². The lowest BCUT2D eigenvalue weighted by Gasteiger charge is -2.21. The lowest BCUT2D eigenvalue weighted by Crippen LogP contribution is -2.06. The molecule has 8 heteroatoms. The van der Waals surface area contributed by atoms with Crippen LogP contribution in [0.5, 0.6) is 0 Å². The molecule has 0 spiro atoms. The van der Waals surface area contributed by atoms with Crippen LogP contribution in [0.3, 0.4) is 0 Å². The quantitative estimate of drug-likeness (QED) is 0.152. The van der Waals surface area contributed by atoms with Crippen LogP contribution in [0, 0.1) is 18.6 Å². The lowest BCUT2D eigenvalue weighted by molar-refractivity contribution is 0.589. The molecule has 20 aromatic rings. The molecule has 0 N–H and O–H groups in total. The maximum Gasteiger partial charge on any atom is 0.133 e. The van der Waals surface area contributed by atoms with Gasteiger partial charge in [-0.1, -0.05) is 152 Å². The normalized spacial score (nSPS) is 12.2. The third-order valence-electron chi connectivity index (χ3n) is 19.9. The van der Waals surface area contributed by atoms with E-state index in [0.29, 0.717) is 5.56 Å². The van der Waals surface area contributed by atoms with E-state index in [0.717, 1.165) is 127 Å². The third-order valence-corrected chi connectivity index (χ3v) is 19.9. The molecule has 0 amide bonds. The number of aromatic nitrogens is 6. The van der Waals surface area contributed by atoms with Crippen molar-refractivity contribution in [3.63, 3.8) is 0 Å². The van der Waals surface area contributed by atoms with Gasteiger partial charge in [0.15, 0.2) is 0 Å². The molecule has 0 saturated carbocycles. The summed E-state index contributed by atoms with van der Waals surface area (Å²) in [5.41, 5.74) is 19.5. The van der Waals surface area contributed by atoms with E-state index in [4.69, 9.17) is 0 Å². The summed E-state index contributed by atoms with van der Waals surface area (Å²) in [5.74, 6) is -1.25. The summed E-state index contributed by atoms with van der Waals surface area (Å²) in [6.45, 7) is 1.98. The van der Waals surface area contributed by atoms with Gasteiger partial charge in [-0.3, -0.25) is 0 Å². The van der Waals surface area contributed by atoms with Crippen LogP contribution in [0.1, 0.15) is 5.56 Å². The molecule has 0 atom stereocenters. The molecular formula is C85H52F2N6. The smallest absolute Gasteiger partial charge is 0.133 e. The Morgan fingerprint density at radius 2 is 0.430 bits per heavy atom. The SMILES string of the molecule is Cc1cc(-n2c3ccc(-n4c5ccccc5c5ccccc54)cc3c3cc(-n4c5ccccc5c5ccccc54)ccc32)c(-n2c3ccc(-n4c5ccccc5c5ccccc54)cc3c3cc(-n4c5ccccc5c5ccccc54)ccc32)cc1-c1c(F)cccc1F. The fourth-order valence-corrected chi connectivity index (χ4v) is 15.9. The van der Waals surface area contributed by atoms with Gasteiger partial charge >= 0.3 is 0 Å². The van der Waals surface area contributed by atoms with Crippen molar-refractivity contribution in [2.45, 2.75) is 6.92 Å². The summed E-state index contributed by atoms with van der Waals surface area (Å²) >= 11 is 0. The van der Waals surface area contributed by atoms with Crippen LogP contribution < -0.4 is 0 Å². The van der Waals surface area contributed by atoms with Gasteiger partial charge in [0, 0.05) is 87.4 Å². The van der Waals surface area contributed by atoms with Crippen LogP contribution in [0.15, 0.2) is 297 Å². The van der Waals surface area contributed by atoms with Crippen molar-refractivity contribution in [3.8, 4) is 45.3 Å². The molecule has 6 nitrogen and oxygen atoms in total. The fraction of sp³-hybridized carbons (Fsp3) is 0.0118. The van der Waals surface area contributed by atoms with Gasteiger partial charge in [-0.05, 0) is 164 Å². The Hall–Kier alpha value is -12.3. The zero-order valence-electron chi connectivity index (χ0n) is 50.2. The fourth-order valence-electron chi connectivity index (χ4n) is 15.9. The number of nitrogens with zero attached hydrogens (tertiary/aromatic N) is 6. The van der Waals surface area contributed by atoms with Gasteiger partial charge < -0.3 is 27.4 Å². The van der Waals surface area contributed by atoms with E-state index in [1.165, 1.54) is 61.3 Å². The molecule has 93 heavy (non-hydrogen) atoms. The van der Waals surface area contributed by atoms with Crippen LogP contribution in [0.25, 0.3) is 176 Å². The number of rotatable bonds is 7. The average molecular weight is 1200 g/mol. The molecule has 0 fully saturated rings. The first-order valence-corrected chi connectivity index (χ1v) is 31.6. The second-order valence-electron chi connectivity index (χ2n) is 24.7. The molecule has 0 aliphatic heterocycles. The molecule has 6 heterocycles. The number of halogens is 2. The number of hydrogen-bond donors (Lipinski definition) is 0. The zero-order chi connectivity index (χ0) is 61.3. The van der Waals surface area contributed by atoms with Crippen LogP contribution in [-0.4, -0.2) is 27.4 Å². The van der Waals surface area contributed by atoms with Crippen molar-refractivity contribution in [1.82, 2.24) is 27.4 Å². The summed E-state index contributed by atoms with van der Waals surface area (Å²) in [7, 11) is 0. The van der Waals surface area contributed by atoms with E-state index in [-0.39, 0.29) is 5.56 Å². The third kappa shape index (κ3) is 7.25. The highest BCUT2D eigenvalue weighted by atomic mass is 19.1. The Morgan fingerprint density at radius 1 is 0.204 bits per heavy atom. The van der Waals surface area contributed by atoms with Gasteiger partial charge in [0.1, 0.15) is 11.6 Å². The molecular weight excluding hydrogens is 1140 g/mol. The van der Waals surface area contributed by atoms with Crippen LogP contribution in [-0.2, 0) is 0 Å². The van der Waals surface area contributed by atoms with E-state index in [1.807, 2.05) is 13.0 Å². The highest BCUT2D eigenvalue weighted by Gasteiger charge is 2.27. The largest absolute Gasteiger partial charge is 0.309 e. The van der Waals surface area contributed by atoms with E-state index >= 15 is 8.78 Å². The minimum atomic E-state index is -0.627. The Kier molecular flexibility index (Phi) is 10.8. The zero-order valence-corrected chi connectivity index (χ0v) is 50.2. The monoisotopic (exact) mass is 1190 g/mol. The van der Waals surface area contributed by atoms with Crippen LogP contribution >= 0.6 is 0 Å². The minimum Gasteiger partial charge on any atom is -0.309 e. The van der Waals surface area contributed by atoms with Crippen LogP contribution in [0.4, 0.5) is 8.78 Å². The topological polar surface area (TPSA) is 29.6 Å². The molecule has 0 unspecified atom stereocenters. The van der Waals surface area contributed by atoms with E-state index in [2.05, 4.69) is 300 Å². The summed E-state index contributed by atoms with van der Waals surface area (Å²) in [6, 6.07) is 105. The predicted molar refractivity (Wildman–Crippen MR) is 383 cm³/mol. The van der Waals surface area contributed by atoms with Crippen molar-refractivity contribution in [2.75, 3.05) is 0 Å². The average Bonchev–Trinajstić information content (AvgIpc) is 1.58. The molecule has 0 radical (unpaired) electrons. The number of hydrogen-bond acceptors (Lipinski definition) is 0. The summed E-state index contributed by atoms with van der Waals surface area (Å²) in [5, 5.41) is 13.6. The second kappa shape index (κ2) is 19.4. The van der Waals surface area contributed by atoms with Crippen molar-refractivity contribution in [1.29, 1.82) is 0 Å². The standard InChI is InChI=1S/C85H52F2N6/c1-51-45-83(92-79-41-37-52(88-71-29-10-2-19-56(71)57-20-3-11-30-72(57)88)46-65(79)66-47-53(38-42-80(66)92)89-73-31-12-4-21-58(73)59-22-5-13-32-74(59)89)84(50-64(51)85-69(86)27-18-28-70(85)87)93-81-43-39-54(90-75-33-14-6-23-60(75)61-24-7-15-34-76(61)90)48-67(81)68-49-55(40-44-82(68)93)91-77-35-16-8-25-62(77)63-26-9-17-36-78(63)91/h2-50H,1H3. The number of fused-ring (bicyclic) bond motifs is 18. The van der Waals surface area contributed by atoms with Gasteiger partial charge in [-0.15, -0.1) is 0 Å². The lowest BCUT2D eigenvalue weighted by atomic mass is 9.97. The van der Waals surface area contributed by atoms with Crippen LogP contribution in [0.2, 0.25) is 0 Å². The van der Waals surface area contributed by atoms with Gasteiger partial charge in [-0.2, -0.15) is 0 Å². The maximum atomic E-state index is 16.7. The van der Waals surface area contributed by atoms with Gasteiger partial charge in [0.2, 0.25) is 0 Å². The Labute approximate surface area is 530 Å². The molecule has 0 aliphatic carbocycles. The number of para-hydroxylation sites is 8. The van der Waals surface area contributed by atoms with Gasteiger partial charge in [0.25, 0.3) is 0 Å².